The maximum atomic E-state index is 10.6. The van der Waals surface area contributed by atoms with Crippen LogP contribution in [0.2, 0.25) is 0 Å². The summed E-state index contributed by atoms with van der Waals surface area (Å²) in [5.74, 6) is 0.562. The van der Waals surface area contributed by atoms with Gasteiger partial charge in [0.1, 0.15) is 6.04 Å². The summed E-state index contributed by atoms with van der Waals surface area (Å²) in [6.45, 7) is 2.91. The number of nitrogens with two attached hydrogens (primary N) is 1. The molecule has 0 aliphatic carbocycles. The minimum absolute atomic E-state index is 0.479. The van der Waals surface area contributed by atoms with Gasteiger partial charge in [0.25, 0.3) is 0 Å². The van der Waals surface area contributed by atoms with E-state index in [1.165, 1.54) is 5.39 Å². The van der Waals surface area contributed by atoms with E-state index in [-0.39, 0.29) is 0 Å². The van der Waals surface area contributed by atoms with Crippen molar-refractivity contribution < 1.29 is 9.90 Å². The number of carboxylic acids is 1. The average molecular weight is 293 g/mol. The van der Waals surface area contributed by atoms with Gasteiger partial charge in [0.2, 0.25) is 0 Å². The first-order valence-electron chi connectivity index (χ1n) is 6.64. The van der Waals surface area contributed by atoms with Gasteiger partial charge in [0, 0.05) is 17.7 Å². The van der Waals surface area contributed by atoms with E-state index < -0.39 is 12.0 Å². The van der Waals surface area contributed by atoms with Gasteiger partial charge >= 0.3 is 5.97 Å². The quantitative estimate of drug-likeness (QED) is 0.764. The number of hydrogen-bond donors (Lipinski definition) is 2. The standard InChI is InChI=1S/C14H19N3O2S/c1-2-17-13-6-4-3-5-10(13)12(16-17)9-20-8-7-11(15)14(18)19/h3-6,11H,2,7-9,15H2,1H3,(H,18,19). The Balaban J connectivity index is 1.98. The molecule has 1 heterocycles. The van der Waals surface area contributed by atoms with Crippen molar-refractivity contribution in [3.63, 3.8) is 0 Å². The van der Waals surface area contributed by atoms with E-state index in [4.69, 9.17) is 10.8 Å². The summed E-state index contributed by atoms with van der Waals surface area (Å²) in [5.41, 5.74) is 7.68. The fourth-order valence-electron chi connectivity index (χ4n) is 2.05. The molecule has 5 nitrogen and oxygen atoms in total. The average Bonchev–Trinajstić information content (AvgIpc) is 2.81. The molecule has 108 valence electrons. The number of aryl methyl sites for hydroxylation is 1. The van der Waals surface area contributed by atoms with Crippen molar-refractivity contribution in [3.8, 4) is 0 Å². The van der Waals surface area contributed by atoms with Gasteiger partial charge in [0.15, 0.2) is 0 Å². The van der Waals surface area contributed by atoms with Crippen LogP contribution in [0, 0.1) is 0 Å². The van der Waals surface area contributed by atoms with Gasteiger partial charge in [-0.05, 0) is 25.2 Å². The third-order valence-corrected chi connectivity index (χ3v) is 4.17. The van der Waals surface area contributed by atoms with Crippen molar-refractivity contribution in [2.75, 3.05) is 5.75 Å². The third kappa shape index (κ3) is 3.32. The van der Waals surface area contributed by atoms with Gasteiger partial charge in [-0.2, -0.15) is 16.9 Å². The second-order valence-corrected chi connectivity index (χ2v) is 5.67. The Morgan fingerprint density at radius 1 is 1.50 bits per heavy atom. The number of benzene rings is 1. The number of fused-ring (bicyclic) bond motifs is 1. The highest BCUT2D eigenvalue weighted by atomic mass is 32.2. The lowest BCUT2D eigenvalue weighted by Gasteiger charge is -2.04. The van der Waals surface area contributed by atoms with Crippen LogP contribution in [-0.2, 0) is 17.1 Å². The summed E-state index contributed by atoms with van der Waals surface area (Å²) in [7, 11) is 0. The molecular formula is C14H19N3O2S. The Kier molecular flexibility index (Phi) is 5.03. The molecule has 0 spiro atoms. The molecule has 6 heteroatoms. The topological polar surface area (TPSA) is 81.1 Å². The first-order chi connectivity index (χ1) is 9.63. The minimum atomic E-state index is -0.939. The Hall–Kier alpha value is -1.53. The van der Waals surface area contributed by atoms with E-state index in [9.17, 15) is 4.79 Å². The molecule has 0 aliphatic rings. The molecule has 1 aromatic carbocycles. The van der Waals surface area contributed by atoms with E-state index in [1.54, 1.807) is 11.8 Å². The fraction of sp³-hybridized carbons (Fsp3) is 0.429. The van der Waals surface area contributed by atoms with Gasteiger partial charge < -0.3 is 10.8 Å². The Morgan fingerprint density at radius 2 is 2.25 bits per heavy atom. The zero-order chi connectivity index (χ0) is 14.5. The Morgan fingerprint density at radius 3 is 2.95 bits per heavy atom. The van der Waals surface area contributed by atoms with Crippen molar-refractivity contribution in [2.45, 2.75) is 31.7 Å². The van der Waals surface area contributed by atoms with Gasteiger partial charge in [-0.25, -0.2) is 0 Å². The molecule has 20 heavy (non-hydrogen) atoms. The Bertz CT molecular complexity index is 597. The molecule has 2 aromatic rings. The van der Waals surface area contributed by atoms with Gasteiger partial charge in [-0.15, -0.1) is 0 Å². The lowest BCUT2D eigenvalue weighted by Crippen LogP contribution is -2.30. The van der Waals surface area contributed by atoms with Crippen LogP contribution in [0.3, 0.4) is 0 Å². The molecule has 0 bridgehead atoms. The van der Waals surface area contributed by atoms with Crippen molar-refractivity contribution in [2.24, 2.45) is 5.73 Å². The zero-order valence-corrected chi connectivity index (χ0v) is 12.3. The second kappa shape index (κ2) is 6.76. The number of aromatic nitrogens is 2. The summed E-state index contributed by atoms with van der Waals surface area (Å²) < 4.78 is 1.99. The van der Waals surface area contributed by atoms with Gasteiger partial charge in [-0.1, -0.05) is 18.2 Å². The lowest BCUT2D eigenvalue weighted by molar-refractivity contribution is -0.138. The number of nitrogens with zero attached hydrogens (tertiary/aromatic N) is 2. The van der Waals surface area contributed by atoms with E-state index >= 15 is 0 Å². The molecule has 0 aliphatic heterocycles. The van der Waals surface area contributed by atoms with Crippen LogP contribution in [0.5, 0.6) is 0 Å². The number of rotatable bonds is 7. The number of thioether (sulfide) groups is 1. The van der Waals surface area contributed by atoms with Crippen LogP contribution >= 0.6 is 11.8 Å². The summed E-state index contributed by atoms with van der Waals surface area (Å²) in [4.78, 5) is 10.6. The molecule has 1 aromatic heterocycles. The maximum absolute atomic E-state index is 10.6. The van der Waals surface area contributed by atoms with Crippen LogP contribution in [0.1, 0.15) is 19.0 Å². The van der Waals surface area contributed by atoms with Gasteiger partial charge in [0.05, 0.1) is 11.2 Å². The second-order valence-electron chi connectivity index (χ2n) is 4.57. The highest BCUT2D eigenvalue weighted by Crippen LogP contribution is 2.22. The van der Waals surface area contributed by atoms with E-state index in [1.807, 2.05) is 16.8 Å². The van der Waals surface area contributed by atoms with Crippen LogP contribution < -0.4 is 5.73 Å². The number of carboxylic acid groups (broad SMARTS) is 1. The van der Waals surface area contributed by atoms with Crippen molar-refractivity contribution in [3.05, 3.63) is 30.0 Å². The van der Waals surface area contributed by atoms with Crippen LogP contribution in [0.25, 0.3) is 10.9 Å². The molecule has 0 radical (unpaired) electrons. The number of carbonyl (C=O) groups is 1. The monoisotopic (exact) mass is 293 g/mol. The maximum Gasteiger partial charge on any atom is 0.320 e. The fourth-order valence-corrected chi connectivity index (χ4v) is 3.02. The van der Waals surface area contributed by atoms with Crippen LogP contribution in [0.4, 0.5) is 0 Å². The smallest absolute Gasteiger partial charge is 0.320 e. The molecule has 0 saturated carbocycles. The van der Waals surface area contributed by atoms with Crippen molar-refractivity contribution in [1.29, 1.82) is 0 Å². The third-order valence-electron chi connectivity index (χ3n) is 3.16. The molecule has 0 fully saturated rings. The largest absolute Gasteiger partial charge is 0.480 e. The molecule has 1 atom stereocenters. The Labute approximate surface area is 122 Å². The van der Waals surface area contributed by atoms with E-state index in [0.29, 0.717) is 6.42 Å². The molecule has 2 rings (SSSR count). The van der Waals surface area contributed by atoms with Gasteiger partial charge in [-0.3, -0.25) is 9.48 Å². The highest BCUT2D eigenvalue weighted by molar-refractivity contribution is 7.98. The number of hydrogen-bond acceptors (Lipinski definition) is 4. The summed E-state index contributed by atoms with van der Waals surface area (Å²) >= 11 is 1.67. The molecular weight excluding hydrogens is 274 g/mol. The number of para-hydroxylation sites is 1. The molecule has 0 saturated heterocycles. The first-order valence-corrected chi connectivity index (χ1v) is 7.79. The highest BCUT2D eigenvalue weighted by Gasteiger charge is 2.12. The molecule has 0 amide bonds. The lowest BCUT2D eigenvalue weighted by atomic mass is 10.2. The molecule has 3 N–H and O–H groups in total. The predicted molar refractivity (Wildman–Crippen MR) is 81.8 cm³/mol. The van der Waals surface area contributed by atoms with E-state index in [2.05, 4.69) is 24.2 Å². The first kappa shape index (κ1) is 14.9. The predicted octanol–water partition coefficient (Wildman–Crippen LogP) is 2.09. The van der Waals surface area contributed by atoms with Crippen LogP contribution in [-0.4, -0.2) is 32.7 Å². The van der Waals surface area contributed by atoms with E-state index in [0.717, 1.165) is 29.3 Å². The normalized spacial score (nSPS) is 12.7. The van der Waals surface area contributed by atoms with Crippen molar-refractivity contribution >= 4 is 28.6 Å². The summed E-state index contributed by atoms with van der Waals surface area (Å²) in [6, 6.07) is 7.40. The van der Waals surface area contributed by atoms with Crippen molar-refractivity contribution in [1.82, 2.24) is 9.78 Å². The summed E-state index contributed by atoms with van der Waals surface area (Å²) in [6.07, 6.45) is 0.479. The summed E-state index contributed by atoms with van der Waals surface area (Å²) in [5, 5.41) is 14.5. The molecule has 1 unspecified atom stereocenters. The number of aliphatic carboxylic acids is 1. The van der Waals surface area contributed by atoms with Crippen LogP contribution in [0.15, 0.2) is 24.3 Å². The SMILES string of the molecule is CCn1nc(CSCCC(N)C(=O)O)c2ccccc21. The minimum Gasteiger partial charge on any atom is -0.480 e. The zero-order valence-electron chi connectivity index (χ0n) is 11.5.